The molecule has 0 saturated carbocycles. The van der Waals surface area contributed by atoms with Gasteiger partial charge in [-0.05, 0) is 37.4 Å². The van der Waals surface area contributed by atoms with Crippen LogP contribution in [0.3, 0.4) is 0 Å². The average molecular weight is 203 g/mol. The molecule has 0 spiro atoms. The molecule has 0 saturated heterocycles. The van der Waals surface area contributed by atoms with Gasteiger partial charge in [-0.1, -0.05) is 6.07 Å². The summed E-state index contributed by atoms with van der Waals surface area (Å²) in [5.74, 6) is -0.276. The Balaban J connectivity index is 2.31. The number of aromatic nitrogens is 1. The molecule has 0 amide bonds. The number of H-pyrrole nitrogens is 1. The zero-order chi connectivity index (χ0) is 10.8. The van der Waals surface area contributed by atoms with Crippen LogP contribution >= 0.6 is 0 Å². The molecule has 0 atom stereocenters. The summed E-state index contributed by atoms with van der Waals surface area (Å²) in [5.41, 5.74) is 1.53. The molecule has 1 N–H and O–H groups in total. The standard InChI is InChI=1S/C12H13NO2/c1-8(2)15-12(14)10-4-3-9-5-6-13-11(9)7-10/h3-8,13H,1-2H3. The van der Waals surface area contributed by atoms with Crippen molar-refractivity contribution in [2.75, 3.05) is 0 Å². The van der Waals surface area contributed by atoms with Gasteiger partial charge in [0.1, 0.15) is 0 Å². The largest absolute Gasteiger partial charge is 0.459 e. The van der Waals surface area contributed by atoms with Crippen LogP contribution in [-0.2, 0) is 4.74 Å². The van der Waals surface area contributed by atoms with Gasteiger partial charge in [-0.2, -0.15) is 0 Å². The molecule has 3 heteroatoms. The Bertz CT molecular complexity index is 485. The summed E-state index contributed by atoms with van der Waals surface area (Å²) in [6.07, 6.45) is 1.76. The van der Waals surface area contributed by atoms with Crippen LogP contribution in [0.15, 0.2) is 30.5 Å². The van der Waals surface area contributed by atoms with E-state index in [0.717, 1.165) is 10.9 Å². The molecule has 1 heterocycles. The number of hydrogen-bond donors (Lipinski definition) is 1. The third kappa shape index (κ3) is 2.01. The van der Waals surface area contributed by atoms with Gasteiger partial charge in [0, 0.05) is 11.7 Å². The maximum Gasteiger partial charge on any atom is 0.338 e. The van der Waals surface area contributed by atoms with Crippen LogP contribution in [0.5, 0.6) is 0 Å². The third-order valence-electron chi connectivity index (χ3n) is 2.13. The van der Waals surface area contributed by atoms with Gasteiger partial charge < -0.3 is 9.72 Å². The molecule has 0 aliphatic rings. The first-order chi connectivity index (χ1) is 7.16. The number of carbonyl (C=O) groups is 1. The summed E-state index contributed by atoms with van der Waals surface area (Å²) in [4.78, 5) is 14.6. The molecule has 0 fully saturated rings. The molecule has 78 valence electrons. The van der Waals surface area contributed by atoms with E-state index in [2.05, 4.69) is 4.98 Å². The third-order valence-corrected chi connectivity index (χ3v) is 2.13. The summed E-state index contributed by atoms with van der Waals surface area (Å²) in [6.45, 7) is 3.68. The summed E-state index contributed by atoms with van der Waals surface area (Å²) in [6, 6.07) is 7.45. The fourth-order valence-corrected chi connectivity index (χ4v) is 1.46. The maximum absolute atomic E-state index is 11.6. The molecular formula is C12H13NO2. The van der Waals surface area contributed by atoms with E-state index in [0.29, 0.717) is 5.56 Å². The molecule has 3 nitrogen and oxygen atoms in total. The van der Waals surface area contributed by atoms with Crippen LogP contribution in [-0.4, -0.2) is 17.1 Å². The highest BCUT2D eigenvalue weighted by Crippen LogP contribution is 2.15. The lowest BCUT2D eigenvalue weighted by atomic mass is 10.2. The van der Waals surface area contributed by atoms with Crippen molar-refractivity contribution in [2.45, 2.75) is 20.0 Å². The summed E-state index contributed by atoms with van der Waals surface area (Å²) in [7, 11) is 0. The van der Waals surface area contributed by atoms with E-state index in [4.69, 9.17) is 4.74 Å². The molecule has 1 aromatic carbocycles. The molecule has 0 radical (unpaired) electrons. The van der Waals surface area contributed by atoms with Gasteiger partial charge in [0.05, 0.1) is 11.7 Å². The quantitative estimate of drug-likeness (QED) is 0.762. The van der Waals surface area contributed by atoms with Crippen LogP contribution in [0.1, 0.15) is 24.2 Å². The van der Waals surface area contributed by atoms with Crippen molar-refractivity contribution in [1.82, 2.24) is 4.98 Å². The summed E-state index contributed by atoms with van der Waals surface area (Å²) < 4.78 is 5.11. The lowest BCUT2D eigenvalue weighted by molar-refractivity contribution is 0.0378. The van der Waals surface area contributed by atoms with E-state index in [9.17, 15) is 4.79 Å². The minimum absolute atomic E-state index is 0.0863. The maximum atomic E-state index is 11.6. The lowest BCUT2D eigenvalue weighted by Crippen LogP contribution is -2.11. The highest BCUT2D eigenvalue weighted by molar-refractivity contribution is 5.94. The van der Waals surface area contributed by atoms with Crippen molar-refractivity contribution < 1.29 is 9.53 Å². The van der Waals surface area contributed by atoms with E-state index < -0.39 is 0 Å². The molecule has 1 aromatic heterocycles. The fourth-order valence-electron chi connectivity index (χ4n) is 1.46. The van der Waals surface area contributed by atoms with E-state index in [1.54, 1.807) is 12.1 Å². The average Bonchev–Trinajstić information content (AvgIpc) is 2.62. The summed E-state index contributed by atoms with van der Waals surface area (Å²) >= 11 is 0. The van der Waals surface area contributed by atoms with Crippen molar-refractivity contribution in [1.29, 1.82) is 0 Å². The van der Waals surface area contributed by atoms with E-state index >= 15 is 0 Å². The van der Waals surface area contributed by atoms with E-state index in [1.807, 2.05) is 32.2 Å². The Morgan fingerprint density at radius 1 is 1.33 bits per heavy atom. The topological polar surface area (TPSA) is 42.1 Å². The van der Waals surface area contributed by atoms with Crippen molar-refractivity contribution in [3.63, 3.8) is 0 Å². The molecule has 0 bridgehead atoms. The number of fused-ring (bicyclic) bond motifs is 1. The normalized spacial score (nSPS) is 10.9. The van der Waals surface area contributed by atoms with Crippen LogP contribution < -0.4 is 0 Å². The highest BCUT2D eigenvalue weighted by atomic mass is 16.5. The van der Waals surface area contributed by atoms with Gasteiger partial charge in [0.25, 0.3) is 0 Å². The number of aromatic amines is 1. The smallest absolute Gasteiger partial charge is 0.338 e. The van der Waals surface area contributed by atoms with Crippen LogP contribution in [0.25, 0.3) is 10.9 Å². The minimum Gasteiger partial charge on any atom is -0.459 e. The van der Waals surface area contributed by atoms with Gasteiger partial charge >= 0.3 is 5.97 Å². The predicted molar refractivity (Wildman–Crippen MR) is 58.9 cm³/mol. The fraction of sp³-hybridized carbons (Fsp3) is 0.250. The number of rotatable bonds is 2. The van der Waals surface area contributed by atoms with Crippen molar-refractivity contribution in [3.05, 3.63) is 36.0 Å². The first-order valence-corrected chi connectivity index (χ1v) is 4.95. The summed E-state index contributed by atoms with van der Waals surface area (Å²) in [5, 5.41) is 1.09. The zero-order valence-corrected chi connectivity index (χ0v) is 8.78. The van der Waals surface area contributed by atoms with Gasteiger partial charge in [0.15, 0.2) is 0 Å². The van der Waals surface area contributed by atoms with Crippen molar-refractivity contribution in [2.24, 2.45) is 0 Å². The number of nitrogens with one attached hydrogen (secondary N) is 1. The van der Waals surface area contributed by atoms with Gasteiger partial charge in [-0.25, -0.2) is 4.79 Å². The number of hydrogen-bond acceptors (Lipinski definition) is 2. The van der Waals surface area contributed by atoms with Crippen LogP contribution in [0, 0.1) is 0 Å². The Kier molecular flexibility index (Phi) is 2.46. The van der Waals surface area contributed by atoms with Gasteiger partial charge in [0.2, 0.25) is 0 Å². The first kappa shape index (κ1) is 9.77. The second-order valence-corrected chi connectivity index (χ2v) is 3.73. The molecule has 0 unspecified atom stereocenters. The minimum atomic E-state index is -0.276. The second-order valence-electron chi connectivity index (χ2n) is 3.73. The van der Waals surface area contributed by atoms with Gasteiger partial charge in [-0.15, -0.1) is 0 Å². The Morgan fingerprint density at radius 2 is 2.13 bits per heavy atom. The first-order valence-electron chi connectivity index (χ1n) is 4.95. The zero-order valence-electron chi connectivity index (χ0n) is 8.78. The Morgan fingerprint density at radius 3 is 2.87 bits per heavy atom. The molecule has 15 heavy (non-hydrogen) atoms. The predicted octanol–water partition coefficient (Wildman–Crippen LogP) is 2.73. The molecule has 0 aliphatic heterocycles. The Labute approximate surface area is 88.1 Å². The van der Waals surface area contributed by atoms with Gasteiger partial charge in [-0.3, -0.25) is 0 Å². The highest BCUT2D eigenvalue weighted by Gasteiger charge is 2.09. The number of ether oxygens (including phenoxy) is 1. The molecular weight excluding hydrogens is 190 g/mol. The number of benzene rings is 1. The monoisotopic (exact) mass is 203 g/mol. The van der Waals surface area contributed by atoms with Crippen molar-refractivity contribution >= 4 is 16.9 Å². The van der Waals surface area contributed by atoms with Crippen LogP contribution in [0.4, 0.5) is 0 Å². The Hall–Kier alpha value is -1.77. The number of carbonyl (C=O) groups excluding carboxylic acids is 1. The molecule has 0 aliphatic carbocycles. The van der Waals surface area contributed by atoms with Crippen molar-refractivity contribution in [3.8, 4) is 0 Å². The number of esters is 1. The molecule has 2 rings (SSSR count). The molecule has 2 aromatic rings. The van der Waals surface area contributed by atoms with Crippen LogP contribution in [0.2, 0.25) is 0 Å². The SMILES string of the molecule is CC(C)OC(=O)c1ccc2cc[nH]c2c1. The lowest BCUT2D eigenvalue weighted by Gasteiger charge is -2.07. The second kappa shape index (κ2) is 3.77. The van der Waals surface area contributed by atoms with E-state index in [-0.39, 0.29) is 12.1 Å². The van der Waals surface area contributed by atoms with E-state index in [1.165, 1.54) is 0 Å².